The highest BCUT2D eigenvalue weighted by Crippen LogP contribution is 2.31. The van der Waals surface area contributed by atoms with Crippen molar-refractivity contribution >= 4 is 33.5 Å². The third-order valence-corrected chi connectivity index (χ3v) is 4.43. The van der Waals surface area contributed by atoms with Crippen molar-refractivity contribution in [1.82, 2.24) is 0 Å². The minimum atomic E-state index is -1.27. The molecule has 1 N–H and O–H groups in total. The van der Waals surface area contributed by atoms with Crippen molar-refractivity contribution in [2.75, 3.05) is 12.4 Å². The van der Waals surface area contributed by atoms with Gasteiger partial charge in [0.15, 0.2) is 5.60 Å². The van der Waals surface area contributed by atoms with Gasteiger partial charge in [-0.25, -0.2) is 4.79 Å². The van der Waals surface area contributed by atoms with Crippen LogP contribution in [-0.2, 0) is 16.0 Å². The lowest BCUT2D eigenvalue weighted by atomic mass is 9.89. The van der Waals surface area contributed by atoms with Gasteiger partial charge in [0.05, 0.1) is 12.7 Å². The van der Waals surface area contributed by atoms with E-state index in [9.17, 15) is 9.59 Å². The second-order valence-electron chi connectivity index (χ2n) is 5.78. The van der Waals surface area contributed by atoms with Gasteiger partial charge in [0, 0.05) is 22.6 Å². The topological polar surface area (TPSA) is 64.6 Å². The summed E-state index contributed by atoms with van der Waals surface area (Å²) in [6.45, 7) is 1.62. The molecule has 0 spiro atoms. The molecule has 0 aromatic heterocycles. The SMILES string of the molecule is COc1cccc(NC(=O)C2(C)Cc3cc(Br)ccc3C(=O)O2)c1. The van der Waals surface area contributed by atoms with Crippen molar-refractivity contribution in [1.29, 1.82) is 0 Å². The third kappa shape index (κ3) is 3.14. The van der Waals surface area contributed by atoms with Gasteiger partial charge in [-0.1, -0.05) is 22.0 Å². The van der Waals surface area contributed by atoms with Crippen LogP contribution in [0, 0.1) is 0 Å². The van der Waals surface area contributed by atoms with Crippen LogP contribution in [-0.4, -0.2) is 24.6 Å². The number of cyclic esters (lactones) is 1. The second kappa shape index (κ2) is 6.28. The molecule has 0 saturated carbocycles. The van der Waals surface area contributed by atoms with Gasteiger partial charge in [-0.2, -0.15) is 0 Å². The summed E-state index contributed by atoms with van der Waals surface area (Å²) in [5, 5.41) is 2.78. The number of methoxy groups -OCH3 is 1. The average Bonchev–Trinajstić information content (AvgIpc) is 2.54. The number of fused-ring (bicyclic) bond motifs is 1. The molecule has 1 aliphatic rings. The van der Waals surface area contributed by atoms with E-state index in [0.717, 1.165) is 10.0 Å². The Kier molecular flexibility index (Phi) is 4.32. The first-order valence-electron chi connectivity index (χ1n) is 7.38. The van der Waals surface area contributed by atoms with Gasteiger partial charge in [0.1, 0.15) is 5.75 Å². The largest absolute Gasteiger partial charge is 0.497 e. The first-order valence-corrected chi connectivity index (χ1v) is 8.18. The standard InChI is InChI=1S/C18H16BrNO4/c1-18(17(22)20-13-4-3-5-14(9-13)23-2)10-11-8-12(19)6-7-15(11)16(21)24-18/h3-9H,10H2,1-2H3,(H,20,22). The lowest BCUT2D eigenvalue weighted by molar-refractivity contribution is -0.134. The van der Waals surface area contributed by atoms with Crippen LogP contribution in [0.15, 0.2) is 46.9 Å². The molecule has 5 nitrogen and oxygen atoms in total. The number of benzene rings is 2. The van der Waals surface area contributed by atoms with Gasteiger partial charge in [-0.15, -0.1) is 0 Å². The van der Waals surface area contributed by atoms with E-state index in [4.69, 9.17) is 9.47 Å². The van der Waals surface area contributed by atoms with Crippen molar-refractivity contribution in [3.63, 3.8) is 0 Å². The molecule has 2 aromatic rings. The number of rotatable bonds is 3. The lowest BCUT2D eigenvalue weighted by Gasteiger charge is -2.33. The molecule has 1 aliphatic heterocycles. The van der Waals surface area contributed by atoms with E-state index < -0.39 is 11.6 Å². The fraction of sp³-hybridized carbons (Fsp3) is 0.222. The number of carbonyl (C=O) groups is 2. The lowest BCUT2D eigenvalue weighted by Crippen LogP contribution is -2.48. The van der Waals surface area contributed by atoms with Crippen LogP contribution in [0.2, 0.25) is 0 Å². The number of ether oxygens (including phenoxy) is 2. The Balaban J connectivity index is 1.85. The smallest absolute Gasteiger partial charge is 0.339 e. The molecule has 124 valence electrons. The fourth-order valence-electron chi connectivity index (χ4n) is 2.66. The van der Waals surface area contributed by atoms with Gasteiger partial charge in [0.2, 0.25) is 0 Å². The van der Waals surface area contributed by atoms with Crippen molar-refractivity contribution < 1.29 is 19.1 Å². The van der Waals surface area contributed by atoms with Gasteiger partial charge in [-0.3, -0.25) is 4.79 Å². The van der Waals surface area contributed by atoms with E-state index in [1.807, 2.05) is 6.07 Å². The number of carbonyl (C=O) groups excluding carboxylic acids is 2. The van der Waals surface area contributed by atoms with Gasteiger partial charge in [-0.05, 0) is 42.8 Å². The number of halogens is 1. The number of amides is 1. The highest BCUT2D eigenvalue weighted by Gasteiger charge is 2.42. The zero-order valence-corrected chi connectivity index (χ0v) is 14.8. The summed E-state index contributed by atoms with van der Waals surface area (Å²) >= 11 is 3.39. The molecule has 0 bridgehead atoms. The molecule has 2 aromatic carbocycles. The van der Waals surface area contributed by atoms with Crippen molar-refractivity contribution in [2.45, 2.75) is 18.9 Å². The van der Waals surface area contributed by atoms with E-state index >= 15 is 0 Å². The Morgan fingerprint density at radius 3 is 2.83 bits per heavy atom. The first kappa shape index (κ1) is 16.5. The molecule has 1 amide bonds. The zero-order chi connectivity index (χ0) is 17.3. The number of hydrogen-bond donors (Lipinski definition) is 1. The third-order valence-electron chi connectivity index (χ3n) is 3.94. The molecule has 0 fully saturated rings. The molecule has 0 aliphatic carbocycles. The maximum Gasteiger partial charge on any atom is 0.339 e. The fourth-order valence-corrected chi connectivity index (χ4v) is 3.07. The number of hydrogen-bond acceptors (Lipinski definition) is 4. The van der Waals surface area contributed by atoms with E-state index in [1.165, 1.54) is 0 Å². The van der Waals surface area contributed by atoms with Crippen molar-refractivity contribution in [2.24, 2.45) is 0 Å². The summed E-state index contributed by atoms with van der Waals surface area (Å²) in [4.78, 5) is 24.9. The molecule has 1 atom stereocenters. The van der Waals surface area contributed by atoms with Crippen LogP contribution in [0.4, 0.5) is 5.69 Å². The quantitative estimate of drug-likeness (QED) is 0.814. The summed E-state index contributed by atoms with van der Waals surface area (Å²) in [6, 6.07) is 12.3. The first-order chi connectivity index (χ1) is 11.4. The predicted molar refractivity (Wildman–Crippen MR) is 93.3 cm³/mol. The Labute approximate surface area is 148 Å². The van der Waals surface area contributed by atoms with Crippen molar-refractivity contribution in [3.05, 3.63) is 58.1 Å². The van der Waals surface area contributed by atoms with Crippen LogP contribution in [0.25, 0.3) is 0 Å². The number of nitrogens with one attached hydrogen (secondary N) is 1. The molecule has 3 rings (SSSR count). The highest BCUT2D eigenvalue weighted by atomic mass is 79.9. The molecule has 1 unspecified atom stereocenters. The Morgan fingerprint density at radius 2 is 2.08 bits per heavy atom. The van der Waals surface area contributed by atoms with Gasteiger partial charge in [0.25, 0.3) is 5.91 Å². The van der Waals surface area contributed by atoms with Crippen LogP contribution in [0.1, 0.15) is 22.8 Å². The highest BCUT2D eigenvalue weighted by molar-refractivity contribution is 9.10. The van der Waals surface area contributed by atoms with E-state index in [2.05, 4.69) is 21.2 Å². The summed E-state index contributed by atoms with van der Waals surface area (Å²) in [5.74, 6) is -0.241. The Morgan fingerprint density at radius 1 is 1.29 bits per heavy atom. The van der Waals surface area contributed by atoms with Crippen LogP contribution >= 0.6 is 15.9 Å². The summed E-state index contributed by atoms with van der Waals surface area (Å²) in [6.07, 6.45) is 0.309. The van der Waals surface area contributed by atoms with Crippen LogP contribution in [0.5, 0.6) is 5.75 Å². The minimum absolute atomic E-state index is 0.309. The van der Waals surface area contributed by atoms with Crippen LogP contribution in [0.3, 0.4) is 0 Å². The monoisotopic (exact) mass is 389 g/mol. The maximum absolute atomic E-state index is 12.7. The summed E-state index contributed by atoms with van der Waals surface area (Å²) in [7, 11) is 1.56. The predicted octanol–water partition coefficient (Wildman–Crippen LogP) is 3.57. The second-order valence-corrected chi connectivity index (χ2v) is 6.70. The molecule has 6 heteroatoms. The normalized spacial score (nSPS) is 19.2. The van der Waals surface area contributed by atoms with E-state index in [0.29, 0.717) is 23.4 Å². The Hall–Kier alpha value is -2.34. The molecule has 24 heavy (non-hydrogen) atoms. The van der Waals surface area contributed by atoms with E-state index in [1.54, 1.807) is 50.4 Å². The average molecular weight is 390 g/mol. The number of esters is 1. The molecule has 1 heterocycles. The van der Waals surface area contributed by atoms with Gasteiger partial charge < -0.3 is 14.8 Å². The molecule has 0 radical (unpaired) electrons. The molecular formula is C18H16BrNO4. The Bertz CT molecular complexity index is 820. The summed E-state index contributed by atoms with van der Waals surface area (Å²) < 4.78 is 11.4. The minimum Gasteiger partial charge on any atom is -0.497 e. The van der Waals surface area contributed by atoms with Crippen LogP contribution < -0.4 is 10.1 Å². The maximum atomic E-state index is 12.7. The molecule has 0 saturated heterocycles. The zero-order valence-electron chi connectivity index (χ0n) is 13.3. The summed E-state index contributed by atoms with van der Waals surface area (Å²) in [5.41, 5.74) is 0.582. The van der Waals surface area contributed by atoms with Gasteiger partial charge >= 0.3 is 5.97 Å². The molecular weight excluding hydrogens is 374 g/mol. The van der Waals surface area contributed by atoms with E-state index in [-0.39, 0.29) is 5.91 Å². The van der Waals surface area contributed by atoms with Crippen molar-refractivity contribution in [3.8, 4) is 5.75 Å². The number of anilines is 1.